The molecule has 0 spiro atoms. The van der Waals surface area contributed by atoms with E-state index in [1.54, 1.807) is 13.8 Å². The molecule has 0 aromatic heterocycles. The van der Waals surface area contributed by atoms with E-state index in [2.05, 4.69) is 5.32 Å². The average molecular weight is 358 g/mol. The van der Waals surface area contributed by atoms with Crippen molar-refractivity contribution in [3.8, 4) is 0 Å². The summed E-state index contributed by atoms with van der Waals surface area (Å²) in [5.41, 5.74) is 0.172. The average Bonchev–Trinajstić information content (AvgIpc) is 2.52. The lowest BCUT2D eigenvalue weighted by molar-refractivity contribution is -0.137. The number of nitrogens with one attached hydrogen (secondary N) is 1. The summed E-state index contributed by atoms with van der Waals surface area (Å²) >= 11 is 0. The van der Waals surface area contributed by atoms with Crippen LogP contribution in [0.25, 0.3) is 0 Å². The first-order chi connectivity index (χ1) is 11.2. The first kappa shape index (κ1) is 20.1. The molecular weight excluding hydrogens is 336 g/mol. The summed E-state index contributed by atoms with van der Waals surface area (Å²) in [6.07, 6.45) is 0. The summed E-state index contributed by atoms with van der Waals surface area (Å²) in [7, 11) is -2.53. The molecule has 0 heterocycles. The summed E-state index contributed by atoms with van der Waals surface area (Å²) in [6.45, 7) is 3.15. The summed E-state index contributed by atoms with van der Waals surface area (Å²) < 4.78 is 31.0. The molecule has 0 unspecified atom stereocenters. The van der Waals surface area contributed by atoms with Gasteiger partial charge in [0.05, 0.1) is 11.5 Å². The van der Waals surface area contributed by atoms with Crippen molar-refractivity contribution < 1.29 is 27.9 Å². The van der Waals surface area contributed by atoms with E-state index in [1.807, 2.05) is 0 Å². The van der Waals surface area contributed by atoms with Gasteiger partial charge in [-0.3, -0.25) is 9.59 Å². The molecular formula is C15H22N2O6S. The SMILES string of the molecule is COCCNC(=O)c1cccc(S(=O)(=O)N(CC(=O)O)C(C)C)c1. The van der Waals surface area contributed by atoms with Gasteiger partial charge in [-0.2, -0.15) is 4.31 Å². The van der Waals surface area contributed by atoms with Gasteiger partial charge in [0, 0.05) is 25.3 Å². The summed E-state index contributed by atoms with van der Waals surface area (Å²) in [5.74, 6) is -1.68. The lowest BCUT2D eigenvalue weighted by atomic mass is 10.2. The van der Waals surface area contributed by atoms with Crippen LogP contribution in [0.4, 0.5) is 0 Å². The van der Waals surface area contributed by atoms with Crippen molar-refractivity contribution in [3.05, 3.63) is 29.8 Å². The number of sulfonamides is 1. The molecule has 0 aliphatic heterocycles. The summed E-state index contributed by atoms with van der Waals surface area (Å²) in [5, 5.41) is 11.5. The van der Waals surface area contributed by atoms with Gasteiger partial charge < -0.3 is 15.2 Å². The molecule has 0 fully saturated rings. The number of methoxy groups -OCH3 is 1. The second-order valence-electron chi connectivity index (χ2n) is 5.31. The number of hydrogen-bond acceptors (Lipinski definition) is 5. The van der Waals surface area contributed by atoms with E-state index in [-0.39, 0.29) is 10.5 Å². The van der Waals surface area contributed by atoms with E-state index in [1.165, 1.54) is 31.4 Å². The van der Waals surface area contributed by atoms with Gasteiger partial charge in [-0.1, -0.05) is 6.07 Å². The Morgan fingerprint density at radius 3 is 2.54 bits per heavy atom. The van der Waals surface area contributed by atoms with Gasteiger partial charge >= 0.3 is 5.97 Å². The van der Waals surface area contributed by atoms with Crippen molar-refractivity contribution in [2.24, 2.45) is 0 Å². The first-order valence-corrected chi connectivity index (χ1v) is 8.75. The van der Waals surface area contributed by atoms with Gasteiger partial charge in [0.1, 0.15) is 6.54 Å². The van der Waals surface area contributed by atoms with E-state index in [9.17, 15) is 18.0 Å². The van der Waals surface area contributed by atoms with Gasteiger partial charge in [-0.05, 0) is 32.0 Å². The lowest BCUT2D eigenvalue weighted by Crippen LogP contribution is -2.40. The number of aliphatic carboxylic acids is 1. The van der Waals surface area contributed by atoms with Crippen molar-refractivity contribution in [3.63, 3.8) is 0 Å². The number of amides is 1. The topological polar surface area (TPSA) is 113 Å². The highest BCUT2D eigenvalue weighted by Crippen LogP contribution is 2.19. The van der Waals surface area contributed by atoms with Crippen molar-refractivity contribution >= 4 is 21.9 Å². The van der Waals surface area contributed by atoms with Gasteiger partial charge in [-0.15, -0.1) is 0 Å². The largest absolute Gasteiger partial charge is 0.480 e. The molecule has 1 rings (SSSR count). The van der Waals surface area contributed by atoms with Crippen LogP contribution in [0, 0.1) is 0 Å². The van der Waals surface area contributed by atoms with Crippen LogP contribution < -0.4 is 5.32 Å². The molecule has 24 heavy (non-hydrogen) atoms. The predicted molar refractivity (Wildman–Crippen MR) is 87.3 cm³/mol. The highest BCUT2D eigenvalue weighted by Gasteiger charge is 2.29. The number of carbonyl (C=O) groups is 2. The number of hydrogen-bond donors (Lipinski definition) is 2. The van der Waals surface area contributed by atoms with E-state index in [0.717, 1.165) is 4.31 Å². The van der Waals surface area contributed by atoms with Crippen molar-refractivity contribution in [2.45, 2.75) is 24.8 Å². The molecule has 134 valence electrons. The number of benzene rings is 1. The van der Waals surface area contributed by atoms with E-state index >= 15 is 0 Å². The molecule has 1 aromatic rings. The van der Waals surface area contributed by atoms with Gasteiger partial charge in [0.2, 0.25) is 10.0 Å². The maximum absolute atomic E-state index is 12.7. The molecule has 0 saturated carbocycles. The molecule has 8 nitrogen and oxygen atoms in total. The Morgan fingerprint density at radius 1 is 1.33 bits per heavy atom. The smallest absolute Gasteiger partial charge is 0.318 e. The molecule has 0 aliphatic carbocycles. The minimum absolute atomic E-state index is 0.128. The van der Waals surface area contributed by atoms with E-state index in [4.69, 9.17) is 9.84 Å². The van der Waals surface area contributed by atoms with E-state index < -0.39 is 34.5 Å². The zero-order valence-corrected chi connectivity index (χ0v) is 14.7. The van der Waals surface area contributed by atoms with Crippen LogP contribution in [0.3, 0.4) is 0 Å². The van der Waals surface area contributed by atoms with Crippen LogP contribution in [-0.2, 0) is 19.6 Å². The number of carboxylic acids is 1. The molecule has 0 atom stereocenters. The van der Waals surface area contributed by atoms with Crippen molar-refractivity contribution in [1.82, 2.24) is 9.62 Å². The minimum atomic E-state index is -4.03. The molecule has 9 heteroatoms. The van der Waals surface area contributed by atoms with Crippen LogP contribution in [0.1, 0.15) is 24.2 Å². The molecule has 0 aliphatic rings. The summed E-state index contributed by atoms with van der Waals surface area (Å²) in [6, 6.07) is 4.95. The number of rotatable bonds is 9. The Bertz CT molecular complexity index is 687. The fourth-order valence-corrected chi connectivity index (χ4v) is 3.61. The fourth-order valence-electron chi connectivity index (χ4n) is 1.98. The van der Waals surface area contributed by atoms with Crippen LogP contribution in [0.2, 0.25) is 0 Å². The van der Waals surface area contributed by atoms with Crippen LogP contribution >= 0.6 is 0 Å². The number of carboxylic acid groups (broad SMARTS) is 1. The Hall–Kier alpha value is -1.97. The van der Waals surface area contributed by atoms with Gasteiger partial charge in [0.15, 0.2) is 0 Å². The van der Waals surface area contributed by atoms with Gasteiger partial charge in [-0.25, -0.2) is 8.42 Å². The standard InChI is InChI=1S/C15H22N2O6S/c1-11(2)17(10-14(18)19)24(21,22)13-6-4-5-12(9-13)15(20)16-7-8-23-3/h4-6,9,11H,7-8,10H2,1-3H3,(H,16,20)(H,18,19). The number of carbonyl (C=O) groups excluding carboxylic acids is 1. The second-order valence-corrected chi connectivity index (χ2v) is 7.20. The zero-order valence-electron chi connectivity index (χ0n) is 13.9. The minimum Gasteiger partial charge on any atom is -0.480 e. The molecule has 0 radical (unpaired) electrons. The normalized spacial score (nSPS) is 11.7. The summed E-state index contributed by atoms with van der Waals surface area (Å²) in [4.78, 5) is 22.8. The third-order valence-corrected chi connectivity index (χ3v) is 5.18. The zero-order chi connectivity index (χ0) is 18.3. The quantitative estimate of drug-likeness (QED) is 0.623. The highest BCUT2D eigenvalue weighted by atomic mass is 32.2. The van der Waals surface area contributed by atoms with Crippen molar-refractivity contribution in [1.29, 1.82) is 0 Å². The van der Waals surface area contributed by atoms with Crippen LogP contribution in [-0.4, -0.2) is 62.6 Å². The Morgan fingerprint density at radius 2 is 2.00 bits per heavy atom. The highest BCUT2D eigenvalue weighted by molar-refractivity contribution is 7.89. The lowest BCUT2D eigenvalue weighted by Gasteiger charge is -2.24. The maximum Gasteiger partial charge on any atom is 0.318 e. The second kappa shape index (κ2) is 8.76. The van der Waals surface area contributed by atoms with E-state index in [0.29, 0.717) is 13.2 Å². The third kappa shape index (κ3) is 5.29. The Labute approximate surface area is 141 Å². The van der Waals surface area contributed by atoms with Crippen LogP contribution in [0.5, 0.6) is 0 Å². The molecule has 0 bridgehead atoms. The third-order valence-electron chi connectivity index (χ3n) is 3.16. The Kier molecular flexibility index (Phi) is 7.33. The Balaban J connectivity index is 3.09. The predicted octanol–water partition coefficient (Wildman–Crippen LogP) is 0.547. The van der Waals surface area contributed by atoms with Gasteiger partial charge in [0.25, 0.3) is 5.91 Å². The fraction of sp³-hybridized carbons (Fsp3) is 0.467. The van der Waals surface area contributed by atoms with Crippen LogP contribution in [0.15, 0.2) is 29.2 Å². The maximum atomic E-state index is 12.7. The molecule has 0 saturated heterocycles. The molecule has 2 N–H and O–H groups in total. The number of nitrogens with zero attached hydrogens (tertiary/aromatic N) is 1. The first-order valence-electron chi connectivity index (χ1n) is 7.31. The van der Waals surface area contributed by atoms with Crippen molar-refractivity contribution in [2.75, 3.05) is 26.8 Å². The molecule has 1 amide bonds. The monoisotopic (exact) mass is 358 g/mol. The number of ether oxygens (including phenoxy) is 1. The molecule has 1 aromatic carbocycles.